The maximum Gasteiger partial charge on any atom is 0.188 e. The van der Waals surface area contributed by atoms with Gasteiger partial charge >= 0.3 is 0 Å². The highest BCUT2D eigenvalue weighted by Crippen LogP contribution is 2.16. The lowest BCUT2D eigenvalue weighted by molar-refractivity contribution is 0.273. The Kier molecular flexibility index (Phi) is 7.46. The Morgan fingerprint density at radius 3 is 2.88 bits per heavy atom. The number of likely N-dealkylation sites (tertiary alicyclic amines) is 1. The number of aliphatic imine (C=N–C) groups is 1. The Labute approximate surface area is 144 Å². The molecular weight excluding hydrogens is 305 g/mol. The van der Waals surface area contributed by atoms with Crippen molar-refractivity contribution in [2.24, 2.45) is 10.7 Å². The van der Waals surface area contributed by atoms with Crippen molar-refractivity contribution in [1.29, 1.82) is 0 Å². The van der Waals surface area contributed by atoms with E-state index in [9.17, 15) is 4.39 Å². The summed E-state index contributed by atoms with van der Waals surface area (Å²) in [6.45, 7) is 7.61. The van der Waals surface area contributed by atoms with E-state index >= 15 is 0 Å². The van der Waals surface area contributed by atoms with Crippen LogP contribution in [0.4, 0.5) is 4.39 Å². The van der Waals surface area contributed by atoms with Gasteiger partial charge in [0, 0.05) is 25.7 Å². The average molecular weight is 335 g/mol. The number of nitrogens with zero attached hydrogens (tertiary/aromatic N) is 3. The molecule has 1 fully saturated rings. The largest absolute Gasteiger partial charge is 0.370 e. The van der Waals surface area contributed by atoms with Gasteiger partial charge in [-0.15, -0.1) is 0 Å². The molecule has 0 aromatic heterocycles. The molecule has 1 aliphatic heterocycles. The van der Waals surface area contributed by atoms with Crippen LogP contribution in [0, 0.1) is 5.82 Å². The molecule has 6 heteroatoms. The first-order valence-electron chi connectivity index (χ1n) is 8.79. The first-order valence-corrected chi connectivity index (χ1v) is 8.79. The summed E-state index contributed by atoms with van der Waals surface area (Å²) in [7, 11) is 2.04. The Balaban J connectivity index is 1.65. The van der Waals surface area contributed by atoms with E-state index < -0.39 is 0 Å². The van der Waals surface area contributed by atoms with Crippen LogP contribution in [0.2, 0.25) is 0 Å². The van der Waals surface area contributed by atoms with E-state index in [2.05, 4.69) is 27.0 Å². The molecule has 2 rings (SSSR count). The molecule has 3 N–H and O–H groups in total. The van der Waals surface area contributed by atoms with Gasteiger partial charge in [-0.25, -0.2) is 4.39 Å². The quantitative estimate of drug-likeness (QED) is 0.560. The maximum atomic E-state index is 12.9. The Hall–Kier alpha value is -1.66. The van der Waals surface area contributed by atoms with E-state index in [1.807, 2.05) is 19.2 Å². The van der Waals surface area contributed by atoms with Crippen molar-refractivity contribution in [3.63, 3.8) is 0 Å². The fourth-order valence-electron chi connectivity index (χ4n) is 3.13. The minimum absolute atomic E-state index is 0.198. The summed E-state index contributed by atoms with van der Waals surface area (Å²) in [5, 5.41) is 3.17. The van der Waals surface area contributed by atoms with Crippen LogP contribution in [-0.4, -0.2) is 61.6 Å². The molecule has 0 aliphatic carbocycles. The molecule has 0 saturated carbocycles. The number of rotatable bonds is 8. The van der Waals surface area contributed by atoms with Gasteiger partial charge in [0.2, 0.25) is 0 Å². The van der Waals surface area contributed by atoms with Gasteiger partial charge in [-0.05, 0) is 50.7 Å². The predicted octanol–water partition coefficient (Wildman–Crippen LogP) is 1.65. The van der Waals surface area contributed by atoms with E-state index in [1.54, 1.807) is 0 Å². The van der Waals surface area contributed by atoms with Gasteiger partial charge in [0.1, 0.15) is 5.82 Å². The van der Waals surface area contributed by atoms with Crippen molar-refractivity contribution in [3.05, 3.63) is 35.6 Å². The first kappa shape index (κ1) is 18.7. The average Bonchev–Trinajstić information content (AvgIpc) is 3.02. The molecule has 5 nitrogen and oxygen atoms in total. The molecule has 134 valence electrons. The summed E-state index contributed by atoms with van der Waals surface area (Å²) in [6, 6.07) is 7.16. The Bertz CT molecular complexity index is 517. The molecule has 24 heavy (non-hydrogen) atoms. The van der Waals surface area contributed by atoms with Gasteiger partial charge in [0.25, 0.3) is 0 Å². The highest BCUT2D eigenvalue weighted by Gasteiger charge is 2.22. The highest BCUT2D eigenvalue weighted by molar-refractivity contribution is 5.77. The van der Waals surface area contributed by atoms with Crippen molar-refractivity contribution in [2.45, 2.75) is 32.4 Å². The van der Waals surface area contributed by atoms with Crippen molar-refractivity contribution in [1.82, 2.24) is 15.1 Å². The second kappa shape index (κ2) is 9.59. The predicted molar refractivity (Wildman–Crippen MR) is 97.5 cm³/mol. The Morgan fingerprint density at radius 1 is 1.42 bits per heavy atom. The van der Waals surface area contributed by atoms with Crippen LogP contribution in [0.3, 0.4) is 0 Å². The number of hydrogen-bond donors (Lipinski definition) is 2. The van der Waals surface area contributed by atoms with E-state index in [-0.39, 0.29) is 5.82 Å². The monoisotopic (exact) mass is 335 g/mol. The van der Waals surface area contributed by atoms with Crippen molar-refractivity contribution < 1.29 is 4.39 Å². The normalized spacial score (nSPS) is 19.2. The summed E-state index contributed by atoms with van der Waals surface area (Å²) in [6.07, 6.45) is 2.47. The Morgan fingerprint density at radius 2 is 2.17 bits per heavy atom. The third kappa shape index (κ3) is 6.09. The summed E-state index contributed by atoms with van der Waals surface area (Å²) in [5.41, 5.74) is 7.05. The number of nitrogens with two attached hydrogens (primary N) is 1. The van der Waals surface area contributed by atoms with Crippen LogP contribution < -0.4 is 11.1 Å². The van der Waals surface area contributed by atoms with E-state index in [0.29, 0.717) is 12.0 Å². The number of benzene rings is 1. The SMILES string of the molecule is CCN1CCCC1CN=C(N)NCCN(C)Cc1ccc(F)cc1. The molecule has 0 amide bonds. The smallest absolute Gasteiger partial charge is 0.188 e. The van der Waals surface area contributed by atoms with Crippen molar-refractivity contribution >= 4 is 5.96 Å². The zero-order chi connectivity index (χ0) is 17.4. The van der Waals surface area contributed by atoms with Gasteiger partial charge in [0.05, 0.1) is 6.54 Å². The second-order valence-corrected chi connectivity index (χ2v) is 6.44. The van der Waals surface area contributed by atoms with Gasteiger partial charge in [0.15, 0.2) is 5.96 Å². The van der Waals surface area contributed by atoms with Crippen LogP contribution in [0.1, 0.15) is 25.3 Å². The fraction of sp³-hybridized carbons (Fsp3) is 0.611. The first-order chi connectivity index (χ1) is 11.6. The summed E-state index contributed by atoms with van der Waals surface area (Å²) in [4.78, 5) is 9.11. The molecule has 1 unspecified atom stereocenters. The van der Waals surface area contributed by atoms with Crippen LogP contribution in [0.25, 0.3) is 0 Å². The lowest BCUT2D eigenvalue weighted by Crippen LogP contribution is -2.38. The summed E-state index contributed by atoms with van der Waals surface area (Å²) in [5.74, 6) is 0.323. The van der Waals surface area contributed by atoms with Gasteiger partial charge in [-0.1, -0.05) is 19.1 Å². The van der Waals surface area contributed by atoms with E-state index in [0.717, 1.165) is 38.3 Å². The molecule has 0 bridgehead atoms. The van der Waals surface area contributed by atoms with E-state index in [1.165, 1.54) is 31.5 Å². The maximum absolute atomic E-state index is 12.9. The number of nitrogens with one attached hydrogen (secondary N) is 1. The lowest BCUT2D eigenvalue weighted by Gasteiger charge is -2.21. The van der Waals surface area contributed by atoms with E-state index in [4.69, 9.17) is 5.73 Å². The third-order valence-corrected chi connectivity index (χ3v) is 4.54. The van der Waals surface area contributed by atoms with Crippen LogP contribution in [0.15, 0.2) is 29.3 Å². The standard InChI is InChI=1S/C18H30FN5/c1-3-24-11-4-5-17(24)13-22-18(20)21-10-12-23(2)14-15-6-8-16(19)9-7-15/h6-9,17H,3-5,10-14H2,1-2H3,(H3,20,21,22). The summed E-state index contributed by atoms with van der Waals surface area (Å²) < 4.78 is 12.9. The number of halogens is 1. The molecule has 0 radical (unpaired) electrons. The third-order valence-electron chi connectivity index (χ3n) is 4.54. The molecule has 1 aromatic carbocycles. The highest BCUT2D eigenvalue weighted by atomic mass is 19.1. The lowest BCUT2D eigenvalue weighted by atomic mass is 10.2. The number of guanidine groups is 1. The minimum Gasteiger partial charge on any atom is -0.370 e. The zero-order valence-electron chi connectivity index (χ0n) is 14.8. The summed E-state index contributed by atoms with van der Waals surface area (Å²) >= 11 is 0. The van der Waals surface area contributed by atoms with Crippen LogP contribution >= 0.6 is 0 Å². The molecule has 1 atom stereocenters. The van der Waals surface area contributed by atoms with Gasteiger partial charge in [-0.2, -0.15) is 0 Å². The van der Waals surface area contributed by atoms with Crippen LogP contribution in [0.5, 0.6) is 0 Å². The van der Waals surface area contributed by atoms with Crippen LogP contribution in [-0.2, 0) is 6.54 Å². The van der Waals surface area contributed by atoms with Gasteiger partial charge < -0.3 is 16.0 Å². The number of hydrogen-bond acceptors (Lipinski definition) is 3. The second-order valence-electron chi connectivity index (χ2n) is 6.44. The molecule has 0 spiro atoms. The molecule has 1 saturated heterocycles. The minimum atomic E-state index is -0.198. The molecule has 1 heterocycles. The zero-order valence-corrected chi connectivity index (χ0v) is 14.8. The molecular formula is C18H30FN5. The molecule has 1 aromatic rings. The topological polar surface area (TPSA) is 56.9 Å². The van der Waals surface area contributed by atoms with Crippen molar-refractivity contribution in [2.75, 3.05) is 39.8 Å². The fourth-order valence-corrected chi connectivity index (χ4v) is 3.13. The van der Waals surface area contributed by atoms with Gasteiger partial charge in [-0.3, -0.25) is 9.89 Å². The number of likely N-dealkylation sites (N-methyl/N-ethyl adjacent to an activating group) is 2. The van der Waals surface area contributed by atoms with Crippen molar-refractivity contribution in [3.8, 4) is 0 Å². The molecule has 1 aliphatic rings.